The van der Waals surface area contributed by atoms with Crippen LogP contribution in [-0.4, -0.2) is 14.1 Å². The molecule has 0 atom stereocenters. The SMILES string of the molecule is Cn1cc(-c2cc(=O)n(C3CC3)cc2-c2ccccc2)c2cc(-c3ccccc3F)[nH]c2c1=O. The number of aryl methyl sites for hydroxylation is 1. The molecule has 0 saturated heterocycles. The Balaban J connectivity index is 1.66. The van der Waals surface area contributed by atoms with E-state index in [-0.39, 0.29) is 23.0 Å². The van der Waals surface area contributed by atoms with Crippen LogP contribution in [0, 0.1) is 5.82 Å². The molecule has 0 aliphatic heterocycles. The molecule has 5 nitrogen and oxygen atoms in total. The lowest BCUT2D eigenvalue weighted by molar-refractivity contribution is 0.631. The third kappa shape index (κ3) is 3.30. The third-order valence-corrected chi connectivity index (χ3v) is 6.52. The number of aromatic nitrogens is 3. The fraction of sp³-hybridized carbons (Fsp3) is 0.143. The summed E-state index contributed by atoms with van der Waals surface area (Å²) in [4.78, 5) is 29.2. The van der Waals surface area contributed by atoms with Crippen LogP contribution < -0.4 is 11.1 Å². The Hall–Kier alpha value is -4.19. The largest absolute Gasteiger partial charge is 0.350 e. The van der Waals surface area contributed by atoms with Gasteiger partial charge in [0.05, 0.1) is 0 Å². The highest BCUT2D eigenvalue weighted by atomic mass is 19.1. The van der Waals surface area contributed by atoms with E-state index in [1.807, 2.05) is 41.1 Å². The van der Waals surface area contributed by atoms with Crippen molar-refractivity contribution in [2.45, 2.75) is 18.9 Å². The zero-order valence-electron chi connectivity index (χ0n) is 18.6. The number of fused-ring (bicyclic) bond motifs is 1. The topological polar surface area (TPSA) is 59.8 Å². The quantitative estimate of drug-likeness (QED) is 0.392. The maximum Gasteiger partial charge on any atom is 0.274 e. The van der Waals surface area contributed by atoms with Gasteiger partial charge in [0.15, 0.2) is 0 Å². The molecule has 1 aliphatic rings. The molecular formula is C28H22FN3O2. The van der Waals surface area contributed by atoms with Crippen LogP contribution in [-0.2, 0) is 7.05 Å². The molecule has 2 aromatic carbocycles. The zero-order chi connectivity index (χ0) is 23.4. The minimum absolute atomic E-state index is 0.0657. The van der Waals surface area contributed by atoms with Gasteiger partial charge in [0.25, 0.3) is 11.1 Å². The first-order valence-corrected chi connectivity index (χ1v) is 11.3. The van der Waals surface area contributed by atoms with Gasteiger partial charge in [-0.15, -0.1) is 0 Å². The number of nitrogens with zero attached hydrogens (tertiary/aromatic N) is 2. The van der Waals surface area contributed by atoms with Crippen LogP contribution in [0.5, 0.6) is 0 Å². The van der Waals surface area contributed by atoms with Gasteiger partial charge in [-0.1, -0.05) is 42.5 Å². The third-order valence-electron chi connectivity index (χ3n) is 6.52. The standard InChI is InChI=1S/C28H22FN3O2/c1-31-15-23(21-13-25(30-27(21)28(31)34)19-9-5-6-10-24(19)29)20-14-26(33)32(18-11-12-18)16-22(20)17-7-3-2-4-8-17/h2-10,13-16,18,30H,11-12H2,1H3. The van der Waals surface area contributed by atoms with Gasteiger partial charge in [-0.05, 0) is 42.2 Å². The summed E-state index contributed by atoms with van der Waals surface area (Å²) in [5, 5.41) is 0.655. The summed E-state index contributed by atoms with van der Waals surface area (Å²) in [6, 6.07) is 20.1. The van der Waals surface area contributed by atoms with Crippen molar-refractivity contribution in [3.8, 4) is 33.5 Å². The van der Waals surface area contributed by atoms with Gasteiger partial charge < -0.3 is 14.1 Å². The fourth-order valence-corrected chi connectivity index (χ4v) is 4.63. The van der Waals surface area contributed by atoms with Crippen molar-refractivity contribution in [1.82, 2.24) is 14.1 Å². The van der Waals surface area contributed by atoms with Crippen molar-refractivity contribution in [3.63, 3.8) is 0 Å². The van der Waals surface area contributed by atoms with Gasteiger partial charge in [0, 0.05) is 59.3 Å². The van der Waals surface area contributed by atoms with Crippen molar-refractivity contribution >= 4 is 10.9 Å². The number of hydrogen-bond donors (Lipinski definition) is 1. The summed E-state index contributed by atoms with van der Waals surface area (Å²) in [7, 11) is 1.68. The molecule has 6 heteroatoms. The van der Waals surface area contributed by atoms with Gasteiger partial charge in [0.1, 0.15) is 11.3 Å². The molecule has 3 heterocycles. The van der Waals surface area contributed by atoms with E-state index in [9.17, 15) is 14.0 Å². The molecule has 1 fully saturated rings. The molecule has 1 N–H and O–H groups in total. The fourth-order valence-electron chi connectivity index (χ4n) is 4.63. The van der Waals surface area contributed by atoms with Crippen molar-refractivity contribution in [2.24, 2.45) is 7.05 Å². The highest BCUT2D eigenvalue weighted by molar-refractivity contribution is 6.00. The average molecular weight is 452 g/mol. The molecule has 1 aliphatic carbocycles. The van der Waals surface area contributed by atoms with Gasteiger partial charge in [-0.25, -0.2) is 4.39 Å². The van der Waals surface area contributed by atoms with Crippen LogP contribution in [0.3, 0.4) is 0 Å². The van der Waals surface area contributed by atoms with E-state index in [2.05, 4.69) is 4.98 Å². The van der Waals surface area contributed by atoms with E-state index >= 15 is 0 Å². The van der Waals surface area contributed by atoms with Gasteiger partial charge >= 0.3 is 0 Å². The number of halogens is 1. The van der Waals surface area contributed by atoms with E-state index in [1.54, 1.807) is 43.6 Å². The van der Waals surface area contributed by atoms with Crippen LogP contribution in [0.25, 0.3) is 44.4 Å². The number of hydrogen-bond acceptors (Lipinski definition) is 2. The van der Waals surface area contributed by atoms with Gasteiger partial charge in [0.2, 0.25) is 0 Å². The lowest BCUT2D eigenvalue weighted by Gasteiger charge is -2.15. The maximum absolute atomic E-state index is 14.5. The molecule has 168 valence electrons. The molecule has 6 rings (SSSR count). The molecule has 0 bridgehead atoms. The Morgan fingerprint density at radius 3 is 2.32 bits per heavy atom. The molecule has 1 saturated carbocycles. The second-order valence-corrected chi connectivity index (χ2v) is 8.85. The van der Waals surface area contributed by atoms with Crippen molar-refractivity contribution in [2.75, 3.05) is 0 Å². The monoisotopic (exact) mass is 451 g/mol. The summed E-state index contributed by atoms with van der Waals surface area (Å²) in [6.45, 7) is 0. The van der Waals surface area contributed by atoms with E-state index in [1.165, 1.54) is 10.6 Å². The molecule has 0 unspecified atom stereocenters. The van der Waals surface area contributed by atoms with E-state index in [0.29, 0.717) is 22.2 Å². The maximum atomic E-state index is 14.5. The van der Waals surface area contributed by atoms with Crippen LogP contribution >= 0.6 is 0 Å². The highest BCUT2D eigenvalue weighted by Gasteiger charge is 2.26. The number of benzene rings is 2. The molecule has 0 spiro atoms. The number of rotatable bonds is 4. The molecule has 34 heavy (non-hydrogen) atoms. The summed E-state index contributed by atoms with van der Waals surface area (Å²) in [5.74, 6) is -0.371. The molecule has 3 aromatic heterocycles. The van der Waals surface area contributed by atoms with E-state index < -0.39 is 0 Å². The zero-order valence-corrected chi connectivity index (χ0v) is 18.6. The lowest BCUT2D eigenvalue weighted by Crippen LogP contribution is -2.19. The minimum atomic E-state index is -0.371. The predicted molar refractivity (Wildman–Crippen MR) is 132 cm³/mol. The molecule has 0 radical (unpaired) electrons. The summed E-state index contributed by atoms with van der Waals surface area (Å²) < 4.78 is 17.8. The highest BCUT2D eigenvalue weighted by Crippen LogP contribution is 2.39. The summed E-state index contributed by atoms with van der Waals surface area (Å²) >= 11 is 0. The average Bonchev–Trinajstić information content (AvgIpc) is 3.60. The molecular weight excluding hydrogens is 429 g/mol. The first-order chi connectivity index (χ1) is 16.5. The van der Waals surface area contributed by atoms with Crippen LogP contribution in [0.4, 0.5) is 4.39 Å². The lowest BCUT2D eigenvalue weighted by atomic mass is 9.95. The predicted octanol–water partition coefficient (Wildman–Crippen LogP) is 5.50. The van der Waals surface area contributed by atoms with Gasteiger partial charge in [-0.3, -0.25) is 9.59 Å². The Kier molecular flexibility index (Phi) is 4.62. The minimum Gasteiger partial charge on any atom is -0.350 e. The second-order valence-electron chi connectivity index (χ2n) is 8.85. The van der Waals surface area contributed by atoms with E-state index in [4.69, 9.17) is 0 Å². The number of aromatic amines is 1. The number of nitrogens with one attached hydrogen (secondary N) is 1. The number of H-pyrrole nitrogens is 1. The smallest absolute Gasteiger partial charge is 0.274 e. The van der Waals surface area contributed by atoms with Crippen molar-refractivity contribution in [3.05, 3.63) is 106 Å². The Morgan fingerprint density at radius 2 is 1.59 bits per heavy atom. The molecule has 0 amide bonds. The van der Waals surface area contributed by atoms with Crippen LogP contribution in [0.1, 0.15) is 18.9 Å². The van der Waals surface area contributed by atoms with Gasteiger partial charge in [-0.2, -0.15) is 0 Å². The normalized spacial score (nSPS) is 13.5. The Labute approximate surface area is 194 Å². The Morgan fingerprint density at radius 1 is 0.853 bits per heavy atom. The van der Waals surface area contributed by atoms with Crippen LogP contribution in [0.2, 0.25) is 0 Å². The van der Waals surface area contributed by atoms with Crippen molar-refractivity contribution < 1.29 is 4.39 Å². The molecule has 5 aromatic rings. The van der Waals surface area contributed by atoms with Crippen LogP contribution in [0.15, 0.2) is 88.7 Å². The number of pyridine rings is 2. The first-order valence-electron chi connectivity index (χ1n) is 11.3. The second kappa shape index (κ2) is 7.70. The summed E-state index contributed by atoms with van der Waals surface area (Å²) in [5.41, 5.74) is 4.40. The first kappa shape index (κ1) is 20.4. The van der Waals surface area contributed by atoms with Crippen molar-refractivity contribution in [1.29, 1.82) is 0 Å². The Bertz CT molecular complexity index is 1670. The van der Waals surface area contributed by atoms with E-state index in [0.717, 1.165) is 35.1 Å². The summed E-state index contributed by atoms with van der Waals surface area (Å²) in [6.07, 6.45) is 5.70.